The summed E-state index contributed by atoms with van der Waals surface area (Å²) in [7, 11) is 1.59. The maximum atomic E-state index is 13.1. The Morgan fingerprint density at radius 3 is 2.30 bits per heavy atom. The van der Waals surface area contributed by atoms with E-state index in [1.807, 2.05) is 52.0 Å². The first-order valence-corrected chi connectivity index (χ1v) is 10.3. The Hall–Kier alpha value is -3.02. The van der Waals surface area contributed by atoms with Gasteiger partial charge in [-0.3, -0.25) is 9.59 Å². The minimum Gasteiger partial charge on any atom is -0.497 e. The van der Waals surface area contributed by atoms with Crippen LogP contribution < -0.4 is 14.8 Å². The average molecular weight is 413 g/mol. The molecule has 2 amide bonds. The summed E-state index contributed by atoms with van der Waals surface area (Å²) in [5.74, 6) is 0.890. The molecule has 0 bridgehead atoms. The zero-order chi connectivity index (χ0) is 22.1. The van der Waals surface area contributed by atoms with Gasteiger partial charge in [-0.2, -0.15) is 0 Å². The third-order valence-electron chi connectivity index (χ3n) is 4.67. The van der Waals surface area contributed by atoms with Crippen molar-refractivity contribution in [3.8, 4) is 11.5 Å². The van der Waals surface area contributed by atoms with Crippen molar-refractivity contribution >= 4 is 11.8 Å². The lowest BCUT2D eigenvalue weighted by Gasteiger charge is -2.31. The van der Waals surface area contributed by atoms with Gasteiger partial charge in [0.1, 0.15) is 17.5 Å². The Kier molecular flexibility index (Phi) is 8.71. The van der Waals surface area contributed by atoms with Crippen LogP contribution in [0.1, 0.15) is 38.3 Å². The highest BCUT2D eigenvalue weighted by Gasteiger charge is 2.29. The Bertz CT molecular complexity index is 833. The lowest BCUT2D eigenvalue weighted by molar-refractivity contribution is -0.143. The van der Waals surface area contributed by atoms with Crippen molar-refractivity contribution in [2.24, 2.45) is 0 Å². The third kappa shape index (κ3) is 6.79. The molecule has 0 fully saturated rings. The summed E-state index contributed by atoms with van der Waals surface area (Å²) in [5.41, 5.74) is 2.08. The minimum absolute atomic E-state index is 0.00183. The molecule has 0 saturated heterocycles. The molecule has 2 aromatic rings. The van der Waals surface area contributed by atoms with Gasteiger partial charge in [0.05, 0.1) is 7.11 Å². The fourth-order valence-electron chi connectivity index (χ4n) is 3.21. The van der Waals surface area contributed by atoms with Crippen molar-refractivity contribution in [1.29, 1.82) is 0 Å². The molecule has 6 heteroatoms. The van der Waals surface area contributed by atoms with Crippen LogP contribution in [0.3, 0.4) is 0 Å². The lowest BCUT2D eigenvalue weighted by atomic mass is 10.1. The van der Waals surface area contributed by atoms with Crippen LogP contribution >= 0.6 is 0 Å². The average Bonchev–Trinajstić information content (AvgIpc) is 2.71. The predicted molar refractivity (Wildman–Crippen MR) is 118 cm³/mol. The van der Waals surface area contributed by atoms with E-state index in [0.717, 1.165) is 11.1 Å². The van der Waals surface area contributed by atoms with Crippen LogP contribution in [0.25, 0.3) is 0 Å². The lowest BCUT2D eigenvalue weighted by Crippen LogP contribution is -2.51. The monoisotopic (exact) mass is 412 g/mol. The highest BCUT2D eigenvalue weighted by Crippen LogP contribution is 2.18. The number of ether oxygens (including phenoxy) is 2. The van der Waals surface area contributed by atoms with Crippen molar-refractivity contribution in [2.75, 3.05) is 13.7 Å². The molecule has 1 N–H and O–H groups in total. The highest BCUT2D eigenvalue weighted by atomic mass is 16.5. The van der Waals surface area contributed by atoms with Crippen LogP contribution in [0, 0.1) is 6.92 Å². The number of benzene rings is 2. The van der Waals surface area contributed by atoms with E-state index < -0.39 is 6.04 Å². The number of rotatable bonds is 10. The van der Waals surface area contributed by atoms with E-state index in [-0.39, 0.29) is 24.5 Å². The van der Waals surface area contributed by atoms with Gasteiger partial charge in [-0.25, -0.2) is 0 Å². The van der Waals surface area contributed by atoms with Crippen molar-refractivity contribution in [1.82, 2.24) is 10.2 Å². The van der Waals surface area contributed by atoms with Crippen LogP contribution in [-0.2, 0) is 16.1 Å². The van der Waals surface area contributed by atoms with Gasteiger partial charge in [0.25, 0.3) is 5.91 Å². The molecule has 0 radical (unpaired) electrons. The second-order valence-electron chi connectivity index (χ2n) is 7.56. The van der Waals surface area contributed by atoms with Gasteiger partial charge in [-0.05, 0) is 57.0 Å². The molecule has 0 heterocycles. The molecule has 0 aliphatic heterocycles. The first kappa shape index (κ1) is 23.3. The molecule has 0 saturated carbocycles. The van der Waals surface area contributed by atoms with E-state index >= 15 is 0 Å². The van der Waals surface area contributed by atoms with E-state index in [1.54, 1.807) is 36.3 Å². The SMILES string of the molecule is CCC(C(=O)NC(C)C)N(Cc1cccc(C)c1)C(=O)COc1ccc(OC)cc1. The minimum atomic E-state index is -0.570. The quantitative estimate of drug-likeness (QED) is 0.646. The predicted octanol–water partition coefficient (Wildman–Crippen LogP) is 3.71. The molecule has 0 aliphatic rings. The van der Waals surface area contributed by atoms with E-state index in [1.165, 1.54) is 0 Å². The molecule has 2 rings (SSSR count). The first-order chi connectivity index (χ1) is 14.3. The van der Waals surface area contributed by atoms with E-state index in [4.69, 9.17) is 9.47 Å². The summed E-state index contributed by atoms with van der Waals surface area (Å²) in [6.07, 6.45) is 0.513. The fraction of sp³-hybridized carbons (Fsp3) is 0.417. The first-order valence-electron chi connectivity index (χ1n) is 10.3. The Morgan fingerprint density at radius 1 is 1.07 bits per heavy atom. The van der Waals surface area contributed by atoms with Gasteiger partial charge in [0, 0.05) is 12.6 Å². The van der Waals surface area contributed by atoms with Crippen molar-refractivity contribution in [2.45, 2.75) is 52.7 Å². The largest absolute Gasteiger partial charge is 0.497 e. The standard InChI is InChI=1S/C24H32N2O4/c1-6-22(24(28)25-17(2)3)26(15-19-9-7-8-18(4)14-19)23(27)16-30-21-12-10-20(29-5)11-13-21/h7-14,17,22H,6,15-16H2,1-5H3,(H,25,28). The van der Waals surface area contributed by atoms with Crippen LogP contribution in [-0.4, -0.2) is 42.5 Å². The summed E-state index contributed by atoms with van der Waals surface area (Å²) in [4.78, 5) is 27.5. The smallest absolute Gasteiger partial charge is 0.261 e. The Labute approximate surface area is 179 Å². The van der Waals surface area contributed by atoms with Crippen molar-refractivity contribution in [3.05, 3.63) is 59.7 Å². The number of nitrogens with zero attached hydrogens (tertiary/aromatic N) is 1. The molecule has 0 aromatic heterocycles. The number of nitrogens with one attached hydrogen (secondary N) is 1. The zero-order valence-electron chi connectivity index (χ0n) is 18.5. The van der Waals surface area contributed by atoms with Gasteiger partial charge < -0.3 is 19.7 Å². The second kappa shape index (κ2) is 11.2. The molecule has 6 nitrogen and oxygen atoms in total. The summed E-state index contributed by atoms with van der Waals surface area (Å²) >= 11 is 0. The number of hydrogen-bond acceptors (Lipinski definition) is 4. The fourth-order valence-corrected chi connectivity index (χ4v) is 3.21. The number of amides is 2. The summed E-state index contributed by atoms with van der Waals surface area (Å²) in [5, 5.41) is 2.93. The summed E-state index contributed by atoms with van der Waals surface area (Å²) in [6.45, 7) is 7.92. The molecule has 1 atom stereocenters. The van der Waals surface area contributed by atoms with Crippen molar-refractivity contribution in [3.63, 3.8) is 0 Å². The Morgan fingerprint density at radius 2 is 1.73 bits per heavy atom. The second-order valence-corrected chi connectivity index (χ2v) is 7.56. The summed E-state index contributed by atoms with van der Waals surface area (Å²) in [6, 6.07) is 14.4. The zero-order valence-corrected chi connectivity index (χ0v) is 18.5. The number of aryl methyl sites for hydroxylation is 1. The molecule has 1 unspecified atom stereocenters. The maximum Gasteiger partial charge on any atom is 0.261 e. The number of hydrogen-bond donors (Lipinski definition) is 1. The van der Waals surface area contributed by atoms with Gasteiger partial charge in [-0.15, -0.1) is 0 Å². The maximum absolute atomic E-state index is 13.1. The van der Waals surface area contributed by atoms with Gasteiger partial charge in [-0.1, -0.05) is 36.8 Å². The van der Waals surface area contributed by atoms with E-state index in [9.17, 15) is 9.59 Å². The van der Waals surface area contributed by atoms with Crippen LogP contribution in [0.2, 0.25) is 0 Å². The topological polar surface area (TPSA) is 67.9 Å². The van der Waals surface area contributed by atoms with E-state index in [0.29, 0.717) is 24.5 Å². The third-order valence-corrected chi connectivity index (χ3v) is 4.67. The number of methoxy groups -OCH3 is 1. The van der Waals surface area contributed by atoms with Crippen LogP contribution in [0.15, 0.2) is 48.5 Å². The molecular formula is C24H32N2O4. The molecule has 30 heavy (non-hydrogen) atoms. The van der Waals surface area contributed by atoms with Crippen LogP contribution in [0.4, 0.5) is 0 Å². The van der Waals surface area contributed by atoms with Gasteiger partial charge in [0.2, 0.25) is 5.91 Å². The van der Waals surface area contributed by atoms with Gasteiger partial charge in [0.15, 0.2) is 6.61 Å². The molecule has 0 spiro atoms. The molecule has 162 valence electrons. The Balaban J connectivity index is 2.18. The molecule has 0 aliphatic carbocycles. The normalized spacial score (nSPS) is 11.7. The van der Waals surface area contributed by atoms with Crippen LogP contribution in [0.5, 0.6) is 11.5 Å². The van der Waals surface area contributed by atoms with Crippen molar-refractivity contribution < 1.29 is 19.1 Å². The number of carbonyl (C=O) groups excluding carboxylic acids is 2. The molecular weight excluding hydrogens is 380 g/mol. The highest BCUT2D eigenvalue weighted by molar-refractivity contribution is 5.88. The summed E-state index contributed by atoms with van der Waals surface area (Å²) < 4.78 is 10.8. The number of carbonyl (C=O) groups is 2. The van der Waals surface area contributed by atoms with Gasteiger partial charge >= 0.3 is 0 Å². The van der Waals surface area contributed by atoms with E-state index in [2.05, 4.69) is 5.32 Å². The molecule has 2 aromatic carbocycles.